The van der Waals surface area contributed by atoms with Gasteiger partial charge in [-0.1, -0.05) is 17.7 Å². The molecule has 0 saturated carbocycles. The zero-order valence-corrected chi connectivity index (χ0v) is 16.6. The standard InChI is InChI=1S/C22H19ClFN3O2/c1-14(28)18-13-19(23)17-6-3-7-25-20(17)21(18)26-8-10-27(11-9-26)22(29)15-4-2-5-16(24)12-15/h2-7,12-13H,8-11H2,1H3. The number of amides is 1. The molecule has 3 aromatic rings. The van der Waals surface area contributed by atoms with Gasteiger partial charge in [0.2, 0.25) is 0 Å². The average Bonchev–Trinajstić information content (AvgIpc) is 2.73. The molecule has 0 radical (unpaired) electrons. The molecule has 0 unspecified atom stereocenters. The molecule has 1 aromatic heterocycles. The van der Waals surface area contributed by atoms with Crippen molar-refractivity contribution < 1.29 is 14.0 Å². The predicted octanol–water partition coefficient (Wildman–Crippen LogP) is 4.19. The van der Waals surface area contributed by atoms with Crippen molar-refractivity contribution in [3.8, 4) is 0 Å². The van der Waals surface area contributed by atoms with Crippen molar-refractivity contribution in [2.75, 3.05) is 31.1 Å². The van der Waals surface area contributed by atoms with Crippen molar-refractivity contribution in [1.82, 2.24) is 9.88 Å². The molecule has 2 heterocycles. The lowest BCUT2D eigenvalue weighted by atomic mass is 10.0. The highest BCUT2D eigenvalue weighted by atomic mass is 35.5. The number of aromatic nitrogens is 1. The molecule has 5 nitrogen and oxygen atoms in total. The Hall–Kier alpha value is -2.99. The molecule has 1 fully saturated rings. The average molecular weight is 412 g/mol. The number of ketones is 1. The van der Waals surface area contributed by atoms with E-state index in [-0.39, 0.29) is 11.7 Å². The molecule has 1 aliphatic heterocycles. The molecule has 2 aromatic carbocycles. The van der Waals surface area contributed by atoms with Crippen LogP contribution in [0.5, 0.6) is 0 Å². The van der Waals surface area contributed by atoms with E-state index in [0.717, 1.165) is 11.1 Å². The largest absolute Gasteiger partial charge is 0.366 e. The van der Waals surface area contributed by atoms with Gasteiger partial charge in [0, 0.05) is 48.9 Å². The summed E-state index contributed by atoms with van der Waals surface area (Å²) in [5.74, 6) is -0.720. The minimum atomic E-state index is -0.431. The molecule has 7 heteroatoms. The van der Waals surface area contributed by atoms with Gasteiger partial charge >= 0.3 is 0 Å². The molecule has 0 bridgehead atoms. The third-order valence-corrected chi connectivity index (χ3v) is 5.46. The van der Waals surface area contributed by atoms with Crippen LogP contribution in [-0.4, -0.2) is 47.8 Å². The maximum atomic E-state index is 13.5. The molecular formula is C22H19ClFN3O2. The normalized spacial score (nSPS) is 14.3. The maximum Gasteiger partial charge on any atom is 0.254 e. The second-order valence-electron chi connectivity index (χ2n) is 7.00. The number of carbonyl (C=O) groups is 2. The van der Waals surface area contributed by atoms with Crippen LogP contribution >= 0.6 is 11.6 Å². The van der Waals surface area contributed by atoms with Gasteiger partial charge in [0.15, 0.2) is 5.78 Å². The number of halogens is 2. The number of nitrogens with zero attached hydrogens (tertiary/aromatic N) is 3. The van der Waals surface area contributed by atoms with Gasteiger partial charge in [-0.05, 0) is 43.3 Å². The second-order valence-corrected chi connectivity index (χ2v) is 7.41. The first-order valence-corrected chi connectivity index (χ1v) is 9.71. The van der Waals surface area contributed by atoms with Crippen LogP contribution in [0.15, 0.2) is 48.7 Å². The highest BCUT2D eigenvalue weighted by molar-refractivity contribution is 6.36. The first-order chi connectivity index (χ1) is 14.0. The molecule has 4 rings (SSSR count). The summed E-state index contributed by atoms with van der Waals surface area (Å²) in [6, 6.07) is 11.1. The van der Waals surface area contributed by atoms with Crippen LogP contribution in [0.25, 0.3) is 10.9 Å². The number of benzene rings is 2. The van der Waals surface area contributed by atoms with Gasteiger partial charge in [-0.25, -0.2) is 4.39 Å². The number of fused-ring (bicyclic) bond motifs is 1. The summed E-state index contributed by atoms with van der Waals surface area (Å²) in [4.78, 5) is 33.2. The van der Waals surface area contributed by atoms with Crippen molar-refractivity contribution in [3.05, 3.63) is 70.6 Å². The van der Waals surface area contributed by atoms with E-state index in [0.29, 0.717) is 47.8 Å². The highest BCUT2D eigenvalue weighted by Gasteiger charge is 2.26. The Bertz CT molecular complexity index is 1110. The van der Waals surface area contributed by atoms with Gasteiger partial charge in [-0.2, -0.15) is 0 Å². The minimum absolute atomic E-state index is 0.0901. The number of pyridine rings is 1. The van der Waals surface area contributed by atoms with E-state index in [4.69, 9.17) is 11.6 Å². The van der Waals surface area contributed by atoms with Crippen LogP contribution < -0.4 is 4.90 Å². The van der Waals surface area contributed by atoms with Crippen molar-refractivity contribution in [1.29, 1.82) is 0 Å². The van der Waals surface area contributed by atoms with E-state index >= 15 is 0 Å². The van der Waals surface area contributed by atoms with Gasteiger partial charge < -0.3 is 9.80 Å². The van der Waals surface area contributed by atoms with Gasteiger partial charge in [0.25, 0.3) is 5.91 Å². The van der Waals surface area contributed by atoms with Gasteiger partial charge in [-0.3, -0.25) is 14.6 Å². The summed E-state index contributed by atoms with van der Waals surface area (Å²) in [5, 5.41) is 1.27. The number of hydrogen-bond donors (Lipinski definition) is 0. The van der Waals surface area contributed by atoms with Gasteiger partial charge in [0.05, 0.1) is 16.2 Å². The molecular weight excluding hydrogens is 393 g/mol. The summed E-state index contributed by atoms with van der Waals surface area (Å²) < 4.78 is 13.5. The molecule has 1 amide bonds. The van der Waals surface area contributed by atoms with E-state index in [2.05, 4.69) is 9.88 Å². The number of anilines is 1. The maximum absolute atomic E-state index is 13.5. The quantitative estimate of drug-likeness (QED) is 0.606. The minimum Gasteiger partial charge on any atom is -0.366 e. The SMILES string of the molecule is CC(=O)c1cc(Cl)c2cccnc2c1N1CCN(C(=O)c2cccc(F)c2)CC1. The van der Waals surface area contributed by atoms with Crippen LogP contribution in [0.3, 0.4) is 0 Å². The lowest BCUT2D eigenvalue weighted by Gasteiger charge is -2.37. The number of rotatable bonds is 3. The Balaban J connectivity index is 1.63. The van der Waals surface area contributed by atoms with Crippen LogP contribution in [0.2, 0.25) is 5.02 Å². The number of Topliss-reactive ketones (excluding diaryl/α,β-unsaturated/α-hetero) is 1. The summed E-state index contributed by atoms with van der Waals surface area (Å²) in [6.45, 7) is 3.50. The number of hydrogen-bond acceptors (Lipinski definition) is 4. The Morgan fingerprint density at radius 1 is 1.07 bits per heavy atom. The second kappa shape index (κ2) is 7.79. The van der Waals surface area contributed by atoms with Crippen molar-refractivity contribution in [3.63, 3.8) is 0 Å². The van der Waals surface area contributed by atoms with Crippen molar-refractivity contribution in [2.45, 2.75) is 6.92 Å². The Kier molecular flexibility index (Phi) is 5.20. The van der Waals surface area contributed by atoms with Gasteiger partial charge in [0.1, 0.15) is 5.82 Å². The van der Waals surface area contributed by atoms with E-state index in [9.17, 15) is 14.0 Å². The van der Waals surface area contributed by atoms with Gasteiger partial charge in [-0.15, -0.1) is 0 Å². The molecule has 1 saturated heterocycles. The van der Waals surface area contributed by atoms with Crippen LogP contribution in [-0.2, 0) is 0 Å². The fraction of sp³-hybridized carbons (Fsp3) is 0.227. The topological polar surface area (TPSA) is 53.5 Å². The number of carbonyl (C=O) groups excluding carboxylic acids is 2. The summed E-state index contributed by atoms with van der Waals surface area (Å²) in [6.07, 6.45) is 1.68. The van der Waals surface area contributed by atoms with E-state index in [1.54, 1.807) is 29.3 Å². The first kappa shape index (κ1) is 19.3. The summed E-state index contributed by atoms with van der Waals surface area (Å²) >= 11 is 6.37. The van der Waals surface area contributed by atoms with Crippen LogP contribution in [0, 0.1) is 5.82 Å². The predicted molar refractivity (Wildman–Crippen MR) is 111 cm³/mol. The summed E-state index contributed by atoms with van der Waals surface area (Å²) in [5.41, 5.74) is 2.28. The molecule has 0 atom stereocenters. The molecule has 29 heavy (non-hydrogen) atoms. The first-order valence-electron chi connectivity index (χ1n) is 9.33. The number of piperazine rings is 1. The van der Waals surface area contributed by atoms with Crippen molar-refractivity contribution >= 4 is 39.9 Å². The van der Waals surface area contributed by atoms with Crippen LogP contribution in [0.4, 0.5) is 10.1 Å². The lowest BCUT2D eigenvalue weighted by molar-refractivity contribution is 0.0745. The zero-order chi connectivity index (χ0) is 20.5. The molecule has 0 spiro atoms. The summed E-state index contributed by atoms with van der Waals surface area (Å²) in [7, 11) is 0. The van der Waals surface area contributed by atoms with E-state index < -0.39 is 5.82 Å². The van der Waals surface area contributed by atoms with Crippen LogP contribution in [0.1, 0.15) is 27.6 Å². The Morgan fingerprint density at radius 3 is 2.52 bits per heavy atom. The Morgan fingerprint density at radius 2 is 1.83 bits per heavy atom. The van der Waals surface area contributed by atoms with E-state index in [1.165, 1.54) is 25.1 Å². The molecule has 0 aliphatic carbocycles. The molecule has 0 N–H and O–H groups in total. The molecule has 1 aliphatic rings. The zero-order valence-electron chi connectivity index (χ0n) is 15.9. The smallest absolute Gasteiger partial charge is 0.254 e. The monoisotopic (exact) mass is 411 g/mol. The molecule has 148 valence electrons. The fourth-order valence-corrected chi connectivity index (χ4v) is 3.97. The third-order valence-electron chi connectivity index (χ3n) is 5.15. The highest BCUT2D eigenvalue weighted by Crippen LogP contribution is 2.35. The lowest BCUT2D eigenvalue weighted by Crippen LogP contribution is -2.49. The van der Waals surface area contributed by atoms with Crippen molar-refractivity contribution in [2.24, 2.45) is 0 Å². The Labute approximate surface area is 172 Å². The van der Waals surface area contributed by atoms with E-state index in [1.807, 2.05) is 6.07 Å². The fourth-order valence-electron chi connectivity index (χ4n) is 3.71. The third kappa shape index (κ3) is 3.68.